The molecular formula is C23H25ClN2O5. The molecule has 1 aliphatic rings. The lowest BCUT2D eigenvalue weighted by molar-refractivity contribution is -0.152. The maximum absolute atomic E-state index is 12.3. The number of amides is 2. The summed E-state index contributed by atoms with van der Waals surface area (Å²) in [6.07, 6.45) is 0.443. The van der Waals surface area contributed by atoms with Gasteiger partial charge in [0.15, 0.2) is 6.61 Å². The number of hydrogen-bond acceptors (Lipinski definition) is 5. The van der Waals surface area contributed by atoms with Gasteiger partial charge in [0.1, 0.15) is 12.4 Å². The van der Waals surface area contributed by atoms with Crippen LogP contribution in [0.25, 0.3) is 0 Å². The van der Waals surface area contributed by atoms with E-state index in [0.717, 1.165) is 5.56 Å². The van der Waals surface area contributed by atoms with Crippen LogP contribution in [0.1, 0.15) is 29.8 Å². The SMILES string of the molecule is CCN(CC)C(=O)c1ccc(NC(=O)COC(=O)C2COc3ccc(Cl)cc3C2)cc1. The monoisotopic (exact) mass is 444 g/mol. The molecule has 1 N–H and O–H groups in total. The topological polar surface area (TPSA) is 84.9 Å². The van der Waals surface area contributed by atoms with Crippen molar-refractivity contribution in [3.05, 3.63) is 58.6 Å². The van der Waals surface area contributed by atoms with E-state index in [0.29, 0.717) is 41.5 Å². The van der Waals surface area contributed by atoms with E-state index in [1.807, 2.05) is 13.8 Å². The van der Waals surface area contributed by atoms with Crippen molar-refractivity contribution in [3.63, 3.8) is 0 Å². The van der Waals surface area contributed by atoms with E-state index in [4.69, 9.17) is 21.1 Å². The fraction of sp³-hybridized carbons (Fsp3) is 0.348. The number of nitrogens with one attached hydrogen (secondary N) is 1. The highest BCUT2D eigenvalue weighted by Gasteiger charge is 2.28. The van der Waals surface area contributed by atoms with Gasteiger partial charge in [-0.2, -0.15) is 0 Å². The normalized spacial score (nSPS) is 14.7. The molecular weight excluding hydrogens is 420 g/mol. The van der Waals surface area contributed by atoms with Crippen molar-refractivity contribution in [3.8, 4) is 5.75 Å². The van der Waals surface area contributed by atoms with Crippen LogP contribution in [0.3, 0.4) is 0 Å². The van der Waals surface area contributed by atoms with Gasteiger partial charge < -0.3 is 19.7 Å². The van der Waals surface area contributed by atoms with E-state index in [1.165, 1.54) is 0 Å². The Balaban J connectivity index is 1.49. The summed E-state index contributed by atoms with van der Waals surface area (Å²) in [4.78, 5) is 38.5. The number of fused-ring (bicyclic) bond motifs is 1. The summed E-state index contributed by atoms with van der Waals surface area (Å²) < 4.78 is 10.7. The Labute approximate surface area is 186 Å². The second-order valence-corrected chi connectivity index (χ2v) is 7.61. The fourth-order valence-electron chi connectivity index (χ4n) is 3.36. The maximum Gasteiger partial charge on any atom is 0.313 e. The highest BCUT2D eigenvalue weighted by molar-refractivity contribution is 6.30. The van der Waals surface area contributed by atoms with Crippen LogP contribution in [0.5, 0.6) is 5.75 Å². The molecule has 0 spiro atoms. The summed E-state index contributed by atoms with van der Waals surface area (Å²) in [5.74, 6) is -0.815. The first-order chi connectivity index (χ1) is 14.9. The predicted octanol–water partition coefficient (Wildman–Crippen LogP) is 3.56. The number of anilines is 1. The zero-order chi connectivity index (χ0) is 22.4. The number of nitrogens with zero attached hydrogens (tertiary/aromatic N) is 1. The molecule has 2 amide bonds. The predicted molar refractivity (Wildman–Crippen MR) is 117 cm³/mol. The number of rotatable bonds is 7. The van der Waals surface area contributed by atoms with Crippen LogP contribution < -0.4 is 10.1 Å². The molecule has 1 atom stereocenters. The Kier molecular flexibility index (Phi) is 7.52. The van der Waals surface area contributed by atoms with E-state index < -0.39 is 24.4 Å². The van der Waals surface area contributed by atoms with Crippen LogP contribution in [0.4, 0.5) is 5.69 Å². The van der Waals surface area contributed by atoms with Crippen LogP contribution in [0.2, 0.25) is 5.02 Å². The lowest BCUT2D eigenvalue weighted by Crippen LogP contribution is -2.32. The first kappa shape index (κ1) is 22.6. The van der Waals surface area contributed by atoms with E-state index in [1.54, 1.807) is 47.4 Å². The molecule has 0 radical (unpaired) electrons. The largest absolute Gasteiger partial charge is 0.492 e. The second kappa shape index (κ2) is 10.3. The Morgan fingerprint density at radius 3 is 2.52 bits per heavy atom. The molecule has 2 aromatic rings. The van der Waals surface area contributed by atoms with Gasteiger partial charge in [0.25, 0.3) is 11.8 Å². The zero-order valence-electron chi connectivity index (χ0n) is 17.5. The quantitative estimate of drug-likeness (QED) is 0.660. The van der Waals surface area contributed by atoms with Crippen molar-refractivity contribution in [1.82, 2.24) is 4.90 Å². The van der Waals surface area contributed by atoms with Gasteiger partial charge in [-0.05, 0) is 68.3 Å². The molecule has 164 valence electrons. The second-order valence-electron chi connectivity index (χ2n) is 7.17. The van der Waals surface area contributed by atoms with E-state index >= 15 is 0 Å². The van der Waals surface area contributed by atoms with Crippen molar-refractivity contribution < 1.29 is 23.9 Å². The molecule has 0 saturated heterocycles. The standard InChI is InChI=1S/C23H25ClN2O5/c1-3-26(4-2)22(28)15-5-8-19(9-6-15)25-21(27)14-31-23(29)17-11-16-12-18(24)7-10-20(16)30-13-17/h5-10,12,17H,3-4,11,13-14H2,1-2H3,(H,25,27). The first-order valence-corrected chi connectivity index (χ1v) is 10.6. The molecule has 31 heavy (non-hydrogen) atoms. The molecule has 1 heterocycles. The van der Waals surface area contributed by atoms with E-state index in [-0.39, 0.29) is 12.5 Å². The third-order valence-electron chi connectivity index (χ3n) is 5.07. The van der Waals surface area contributed by atoms with Crippen LogP contribution in [-0.4, -0.2) is 49.0 Å². The summed E-state index contributed by atoms with van der Waals surface area (Å²) in [5, 5.41) is 3.23. The smallest absolute Gasteiger partial charge is 0.313 e. The maximum atomic E-state index is 12.3. The summed E-state index contributed by atoms with van der Waals surface area (Å²) in [7, 11) is 0. The minimum absolute atomic E-state index is 0.0608. The third kappa shape index (κ3) is 5.76. The van der Waals surface area contributed by atoms with E-state index in [2.05, 4.69) is 5.32 Å². The molecule has 0 aromatic heterocycles. The number of carbonyl (C=O) groups is 3. The highest BCUT2D eigenvalue weighted by Crippen LogP contribution is 2.30. The van der Waals surface area contributed by atoms with Crippen molar-refractivity contribution in [1.29, 1.82) is 0 Å². The summed E-state index contributed by atoms with van der Waals surface area (Å²) in [5.41, 5.74) is 1.90. The number of carbonyl (C=O) groups excluding carboxylic acids is 3. The van der Waals surface area contributed by atoms with E-state index in [9.17, 15) is 14.4 Å². The van der Waals surface area contributed by atoms with Gasteiger partial charge in [-0.25, -0.2) is 0 Å². The average Bonchev–Trinajstić information content (AvgIpc) is 2.78. The number of hydrogen-bond donors (Lipinski definition) is 1. The van der Waals surface area contributed by atoms with Crippen LogP contribution in [0.15, 0.2) is 42.5 Å². The molecule has 0 fully saturated rings. The zero-order valence-corrected chi connectivity index (χ0v) is 18.3. The van der Waals surface area contributed by atoms with Gasteiger partial charge in [0.05, 0.1) is 5.92 Å². The molecule has 3 rings (SSSR count). The van der Waals surface area contributed by atoms with Gasteiger partial charge in [-0.3, -0.25) is 14.4 Å². The van der Waals surface area contributed by atoms with Crippen LogP contribution in [-0.2, 0) is 20.7 Å². The first-order valence-electron chi connectivity index (χ1n) is 10.2. The molecule has 0 saturated carbocycles. The molecule has 8 heteroatoms. The summed E-state index contributed by atoms with van der Waals surface area (Å²) >= 11 is 6.00. The summed E-state index contributed by atoms with van der Waals surface area (Å²) in [6.45, 7) is 4.89. The Morgan fingerprint density at radius 1 is 1.13 bits per heavy atom. The minimum Gasteiger partial charge on any atom is -0.492 e. The van der Waals surface area contributed by atoms with Crippen molar-refractivity contribution in [2.75, 3.05) is 31.6 Å². The molecule has 0 aliphatic carbocycles. The van der Waals surface area contributed by atoms with Crippen LogP contribution >= 0.6 is 11.6 Å². The van der Waals surface area contributed by atoms with Gasteiger partial charge >= 0.3 is 5.97 Å². The minimum atomic E-state index is -0.499. The van der Waals surface area contributed by atoms with Gasteiger partial charge in [-0.1, -0.05) is 11.6 Å². The molecule has 7 nitrogen and oxygen atoms in total. The Hall–Kier alpha value is -3.06. The van der Waals surface area contributed by atoms with Crippen molar-refractivity contribution >= 4 is 35.1 Å². The molecule has 0 bridgehead atoms. The summed E-state index contributed by atoms with van der Waals surface area (Å²) in [6, 6.07) is 11.9. The average molecular weight is 445 g/mol. The lowest BCUT2D eigenvalue weighted by Gasteiger charge is -2.24. The third-order valence-corrected chi connectivity index (χ3v) is 5.31. The Bertz CT molecular complexity index is 957. The van der Waals surface area contributed by atoms with Crippen molar-refractivity contribution in [2.45, 2.75) is 20.3 Å². The van der Waals surface area contributed by atoms with Gasteiger partial charge in [-0.15, -0.1) is 0 Å². The van der Waals surface area contributed by atoms with Gasteiger partial charge in [0, 0.05) is 29.4 Å². The number of esters is 1. The van der Waals surface area contributed by atoms with Crippen molar-refractivity contribution in [2.24, 2.45) is 5.92 Å². The Morgan fingerprint density at radius 2 is 1.84 bits per heavy atom. The molecule has 1 aliphatic heterocycles. The highest BCUT2D eigenvalue weighted by atomic mass is 35.5. The van der Waals surface area contributed by atoms with Gasteiger partial charge in [0.2, 0.25) is 0 Å². The number of halogens is 1. The van der Waals surface area contributed by atoms with Crippen LogP contribution in [0, 0.1) is 5.92 Å². The lowest BCUT2D eigenvalue weighted by atomic mass is 9.97. The fourth-order valence-corrected chi connectivity index (χ4v) is 3.55. The number of ether oxygens (including phenoxy) is 2. The molecule has 2 aromatic carbocycles. The number of benzene rings is 2. The molecule has 1 unspecified atom stereocenters.